The van der Waals surface area contributed by atoms with Crippen LogP contribution in [0.5, 0.6) is 17.2 Å². The Bertz CT molecular complexity index is 1500. The van der Waals surface area contributed by atoms with E-state index in [4.69, 9.17) is 19.2 Å². The predicted molar refractivity (Wildman–Crippen MR) is 155 cm³/mol. The number of methoxy groups -OCH3 is 3. The summed E-state index contributed by atoms with van der Waals surface area (Å²) in [5.74, 6) is 2.17. The van der Waals surface area contributed by atoms with Gasteiger partial charge in [0, 0.05) is 57.7 Å². The van der Waals surface area contributed by atoms with Crippen LogP contribution in [-0.4, -0.2) is 77.3 Å². The van der Waals surface area contributed by atoms with Gasteiger partial charge in [-0.2, -0.15) is 4.98 Å². The van der Waals surface area contributed by atoms with Crippen LogP contribution in [0.15, 0.2) is 67.4 Å². The minimum atomic E-state index is -0.396. The zero-order chi connectivity index (χ0) is 29.5. The number of amides is 1. The molecule has 1 fully saturated rings. The standard InChI is InChI=1S/C30H34FN7O4/c1-40-25-6-5-22(14-24(25)31)18-36-12-13-38(28-8-9-33-30(35-28)37-11-10-32-20-37)23(19-36)16-29(39)34-17-21-4-7-26(41-2)27(15-21)42-3/h4-11,14-15,20,23H,12-13,16-19H2,1-3H3,(H,34,39). The fraction of sp³-hybridized carbons (Fsp3) is 0.333. The summed E-state index contributed by atoms with van der Waals surface area (Å²) in [6.45, 7) is 2.82. The van der Waals surface area contributed by atoms with Crippen LogP contribution in [0.1, 0.15) is 17.5 Å². The lowest BCUT2D eigenvalue weighted by Crippen LogP contribution is -2.54. The van der Waals surface area contributed by atoms with Crippen molar-refractivity contribution < 1.29 is 23.4 Å². The average molecular weight is 576 g/mol. The molecular formula is C30H34FN7O4. The SMILES string of the molecule is COc1ccc(CN2CCN(c3ccnc(-n4ccnc4)n3)C(CC(=O)NCc3ccc(OC)c(OC)c3)C2)cc1F. The number of carbonyl (C=O) groups excluding carboxylic acids is 1. The number of ether oxygens (including phenoxy) is 3. The molecule has 42 heavy (non-hydrogen) atoms. The van der Waals surface area contributed by atoms with Crippen LogP contribution < -0.4 is 24.4 Å². The first-order valence-corrected chi connectivity index (χ1v) is 13.6. The topological polar surface area (TPSA) is 107 Å². The van der Waals surface area contributed by atoms with E-state index in [1.807, 2.05) is 30.3 Å². The molecule has 1 amide bonds. The number of hydrogen-bond donors (Lipinski definition) is 1. The molecule has 1 aliphatic rings. The first kappa shape index (κ1) is 28.8. The maximum absolute atomic E-state index is 14.4. The third-order valence-corrected chi connectivity index (χ3v) is 7.21. The number of carbonyl (C=O) groups is 1. The number of halogens is 1. The van der Waals surface area contributed by atoms with E-state index < -0.39 is 5.82 Å². The molecule has 0 radical (unpaired) electrons. The van der Waals surface area contributed by atoms with Crippen molar-refractivity contribution in [3.8, 4) is 23.2 Å². The number of benzene rings is 2. The van der Waals surface area contributed by atoms with Gasteiger partial charge in [-0.3, -0.25) is 14.3 Å². The largest absolute Gasteiger partial charge is 0.494 e. The van der Waals surface area contributed by atoms with Gasteiger partial charge in [-0.1, -0.05) is 12.1 Å². The van der Waals surface area contributed by atoms with Gasteiger partial charge < -0.3 is 24.4 Å². The number of aromatic nitrogens is 4. The number of imidazole rings is 1. The highest BCUT2D eigenvalue weighted by atomic mass is 19.1. The van der Waals surface area contributed by atoms with Gasteiger partial charge in [0.25, 0.3) is 0 Å². The van der Waals surface area contributed by atoms with Gasteiger partial charge in [-0.05, 0) is 41.5 Å². The maximum Gasteiger partial charge on any atom is 0.236 e. The normalized spacial score (nSPS) is 15.3. The second-order valence-electron chi connectivity index (χ2n) is 9.91. The highest BCUT2D eigenvalue weighted by molar-refractivity contribution is 5.77. The van der Waals surface area contributed by atoms with E-state index in [0.717, 1.165) is 16.9 Å². The van der Waals surface area contributed by atoms with Gasteiger partial charge in [0.2, 0.25) is 11.9 Å². The molecule has 220 valence electrons. The number of anilines is 1. The molecule has 2 aromatic heterocycles. The molecule has 3 heterocycles. The minimum Gasteiger partial charge on any atom is -0.494 e. The average Bonchev–Trinajstić information content (AvgIpc) is 3.56. The third-order valence-electron chi connectivity index (χ3n) is 7.21. The fourth-order valence-corrected chi connectivity index (χ4v) is 5.08. The second-order valence-corrected chi connectivity index (χ2v) is 9.91. The van der Waals surface area contributed by atoms with Crippen molar-refractivity contribution in [2.75, 3.05) is 45.9 Å². The van der Waals surface area contributed by atoms with E-state index in [9.17, 15) is 9.18 Å². The highest BCUT2D eigenvalue weighted by Gasteiger charge is 2.30. The maximum atomic E-state index is 14.4. The van der Waals surface area contributed by atoms with Gasteiger partial charge in [-0.15, -0.1) is 0 Å². The summed E-state index contributed by atoms with van der Waals surface area (Å²) in [5, 5.41) is 3.04. The van der Waals surface area contributed by atoms with E-state index in [1.54, 1.807) is 49.8 Å². The highest BCUT2D eigenvalue weighted by Crippen LogP contribution is 2.28. The van der Waals surface area contributed by atoms with Gasteiger partial charge in [-0.25, -0.2) is 14.4 Å². The summed E-state index contributed by atoms with van der Waals surface area (Å²) in [7, 11) is 4.61. The molecule has 11 nitrogen and oxygen atoms in total. The van der Waals surface area contributed by atoms with E-state index in [-0.39, 0.29) is 24.1 Å². The molecular weight excluding hydrogens is 541 g/mol. The molecule has 1 atom stereocenters. The van der Waals surface area contributed by atoms with Gasteiger partial charge in [0.05, 0.1) is 27.4 Å². The summed E-state index contributed by atoms with van der Waals surface area (Å²) in [5.41, 5.74) is 1.73. The number of nitrogens with one attached hydrogen (secondary N) is 1. The van der Waals surface area contributed by atoms with Gasteiger partial charge in [0.1, 0.15) is 12.1 Å². The Morgan fingerprint density at radius 3 is 2.50 bits per heavy atom. The zero-order valence-electron chi connectivity index (χ0n) is 23.9. The zero-order valence-corrected chi connectivity index (χ0v) is 23.9. The summed E-state index contributed by atoms with van der Waals surface area (Å²) in [6, 6.07) is 12.2. The monoisotopic (exact) mass is 575 g/mol. The quantitative estimate of drug-likeness (QED) is 0.289. The van der Waals surface area contributed by atoms with E-state index in [0.29, 0.717) is 50.2 Å². The molecule has 1 saturated heterocycles. The fourth-order valence-electron chi connectivity index (χ4n) is 5.08. The van der Waals surface area contributed by atoms with Crippen molar-refractivity contribution in [1.29, 1.82) is 0 Å². The number of piperazine rings is 1. The van der Waals surface area contributed by atoms with Gasteiger partial charge in [0.15, 0.2) is 23.1 Å². The van der Waals surface area contributed by atoms with E-state index in [1.165, 1.54) is 13.2 Å². The van der Waals surface area contributed by atoms with Crippen molar-refractivity contribution >= 4 is 11.7 Å². The summed E-state index contributed by atoms with van der Waals surface area (Å²) in [4.78, 5) is 30.8. The molecule has 0 spiro atoms. The molecule has 2 aromatic carbocycles. The first-order chi connectivity index (χ1) is 20.5. The van der Waals surface area contributed by atoms with Crippen LogP contribution in [-0.2, 0) is 17.9 Å². The Hall–Kier alpha value is -4.71. The second kappa shape index (κ2) is 13.3. The molecule has 4 aromatic rings. The Labute approximate surface area is 243 Å². The number of nitrogens with zero attached hydrogens (tertiary/aromatic N) is 6. The Morgan fingerprint density at radius 2 is 1.76 bits per heavy atom. The first-order valence-electron chi connectivity index (χ1n) is 13.6. The Kier molecular flexibility index (Phi) is 9.12. The van der Waals surface area contributed by atoms with E-state index >= 15 is 0 Å². The van der Waals surface area contributed by atoms with Gasteiger partial charge >= 0.3 is 0 Å². The molecule has 0 saturated carbocycles. The Balaban J connectivity index is 1.32. The van der Waals surface area contributed by atoms with Crippen LogP contribution in [0.2, 0.25) is 0 Å². The predicted octanol–water partition coefficient (Wildman–Crippen LogP) is 3.22. The molecule has 1 unspecified atom stereocenters. The van der Waals surface area contributed by atoms with Crippen LogP contribution >= 0.6 is 0 Å². The van der Waals surface area contributed by atoms with Crippen LogP contribution in [0.25, 0.3) is 5.95 Å². The molecule has 0 bridgehead atoms. The van der Waals surface area contributed by atoms with Crippen molar-refractivity contribution in [2.24, 2.45) is 0 Å². The minimum absolute atomic E-state index is 0.0963. The smallest absolute Gasteiger partial charge is 0.236 e. The van der Waals surface area contributed by atoms with Crippen molar-refractivity contribution in [3.63, 3.8) is 0 Å². The van der Waals surface area contributed by atoms with Crippen LogP contribution in [0.3, 0.4) is 0 Å². The number of hydrogen-bond acceptors (Lipinski definition) is 9. The molecule has 5 rings (SSSR count). The van der Waals surface area contributed by atoms with Crippen molar-refractivity contribution in [3.05, 3.63) is 84.3 Å². The van der Waals surface area contributed by atoms with Crippen molar-refractivity contribution in [2.45, 2.75) is 25.6 Å². The third kappa shape index (κ3) is 6.77. The lowest BCUT2D eigenvalue weighted by Gasteiger charge is -2.42. The summed E-state index contributed by atoms with van der Waals surface area (Å²) >= 11 is 0. The molecule has 12 heteroatoms. The number of rotatable bonds is 11. The van der Waals surface area contributed by atoms with Crippen molar-refractivity contribution in [1.82, 2.24) is 29.7 Å². The Morgan fingerprint density at radius 1 is 0.976 bits per heavy atom. The summed E-state index contributed by atoms with van der Waals surface area (Å²) in [6.07, 6.45) is 7.04. The molecule has 1 N–H and O–H groups in total. The lowest BCUT2D eigenvalue weighted by molar-refractivity contribution is -0.121. The summed E-state index contributed by atoms with van der Waals surface area (Å²) < 4.78 is 31.9. The lowest BCUT2D eigenvalue weighted by atomic mass is 10.1. The van der Waals surface area contributed by atoms with Crippen LogP contribution in [0, 0.1) is 5.82 Å². The van der Waals surface area contributed by atoms with E-state index in [2.05, 4.69) is 25.1 Å². The van der Waals surface area contributed by atoms with Crippen LogP contribution in [0.4, 0.5) is 10.2 Å². The molecule has 1 aliphatic heterocycles. The molecule has 0 aliphatic carbocycles.